The molecule has 0 aromatic heterocycles. The molecular formula is C28H53N5O3. The molecule has 0 radical (unpaired) electrons. The molecule has 36 heavy (non-hydrogen) atoms. The highest BCUT2D eigenvalue weighted by molar-refractivity contribution is 5.82. The van der Waals surface area contributed by atoms with Gasteiger partial charge in [0, 0.05) is 32.6 Å². The van der Waals surface area contributed by atoms with Crippen LogP contribution in [0, 0.1) is 0 Å². The smallest absolute Gasteiger partial charge is 0.237 e. The van der Waals surface area contributed by atoms with Crippen LogP contribution >= 0.6 is 0 Å². The minimum absolute atomic E-state index is 0.0626. The number of carbonyl (C=O) groups is 3. The zero-order valence-electron chi connectivity index (χ0n) is 22.9. The first-order valence-electron chi connectivity index (χ1n) is 14.9. The summed E-state index contributed by atoms with van der Waals surface area (Å²) in [6, 6.07) is -0.125. The molecule has 0 aromatic rings. The molecule has 0 saturated carbocycles. The van der Waals surface area contributed by atoms with Gasteiger partial charge in [0.2, 0.25) is 17.7 Å². The van der Waals surface area contributed by atoms with Crippen molar-refractivity contribution in [3.63, 3.8) is 0 Å². The van der Waals surface area contributed by atoms with E-state index in [1.807, 2.05) is 4.90 Å². The lowest BCUT2D eigenvalue weighted by molar-refractivity contribution is -0.131. The van der Waals surface area contributed by atoms with Gasteiger partial charge in [0.1, 0.15) is 0 Å². The Labute approximate surface area is 219 Å². The van der Waals surface area contributed by atoms with E-state index in [9.17, 15) is 14.4 Å². The normalized spacial score (nSPS) is 19.4. The number of carbonyl (C=O) groups excluding carboxylic acids is 3. The molecule has 0 unspecified atom stereocenters. The van der Waals surface area contributed by atoms with Gasteiger partial charge in [-0.2, -0.15) is 0 Å². The van der Waals surface area contributed by atoms with Crippen molar-refractivity contribution in [2.45, 2.75) is 122 Å². The largest absolute Gasteiger partial charge is 0.355 e. The van der Waals surface area contributed by atoms with Crippen LogP contribution in [-0.2, 0) is 14.4 Å². The van der Waals surface area contributed by atoms with Crippen molar-refractivity contribution >= 4 is 17.7 Å². The molecular weight excluding hydrogens is 454 g/mol. The Hall–Kier alpha value is -1.67. The molecule has 2 aliphatic rings. The van der Waals surface area contributed by atoms with Crippen molar-refractivity contribution in [3.8, 4) is 0 Å². The van der Waals surface area contributed by atoms with Gasteiger partial charge >= 0.3 is 0 Å². The van der Waals surface area contributed by atoms with Crippen molar-refractivity contribution in [2.75, 3.05) is 39.3 Å². The SMILES string of the molecule is CCCCCCCCCCCC(=O)N(CCCNC(=O)[C@@H]1CCCN1)CCCNC(=O)[C@@H]1CCCN1. The first kappa shape index (κ1) is 30.6. The maximum atomic E-state index is 13.0. The highest BCUT2D eigenvalue weighted by atomic mass is 16.2. The molecule has 8 nitrogen and oxygen atoms in total. The zero-order valence-corrected chi connectivity index (χ0v) is 22.9. The molecule has 0 aromatic carbocycles. The summed E-state index contributed by atoms with van der Waals surface area (Å²) in [6.45, 7) is 6.53. The Morgan fingerprint density at radius 3 is 1.61 bits per heavy atom. The maximum Gasteiger partial charge on any atom is 0.237 e. The third kappa shape index (κ3) is 13.0. The van der Waals surface area contributed by atoms with Crippen LogP contribution < -0.4 is 21.3 Å². The van der Waals surface area contributed by atoms with Crippen LogP contribution in [0.3, 0.4) is 0 Å². The van der Waals surface area contributed by atoms with E-state index < -0.39 is 0 Å². The Morgan fingerprint density at radius 1 is 0.694 bits per heavy atom. The molecule has 2 heterocycles. The van der Waals surface area contributed by atoms with E-state index in [1.54, 1.807) is 0 Å². The average molecular weight is 508 g/mol. The van der Waals surface area contributed by atoms with Crippen molar-refractivity contribution in [1.29, 1.82) is 0 Å². The average Bonchev–Trinajstić information content (AvgIpc) is 3.61. The van der Waals surface area contributed by atoms with Crippen molar-refractivity contribution in [2.24, 2.45) is 0 Å². The van der Waals surface area contributed by atoms with Gasteiger partial charge in [0.05, 0.1) is 12.1 Å². The molecule has 3 amide bonds. The van der Waals surface area contributed by atoms with E-state index in [4.69, 9.17) is 0 Å². The van der Waals surface area contributed by atoms with Crippen LogP contribution in [-0.4, -0.2) is 74.0 Å². The van der Waals surface area contributed by atoms with Crippen LogP contribution in [0.15, 0.2) is 0 Å². The maximum absolute atomic E-state index is 13.0. The van der Waals surface area contributed by atoms with E-state index in [1.165, 1.54) is 44.9 Å². The molecule has 0 spiro atoms. The van der Waals surface area contributed by atoms with Gasteiger partial charge in [-0.15, -0.1) is 0 Å². The summed E-state index contributed by atoms with van der Waals surface area (Å²) >= 11 is 0. The minimum Gasteiger partial charge on any atom is -0.355 e. The quantitative estimate of drug-likeness (QED) is 0.190. The van der Waals surface area contributed by atoms with Gasteiger partial charge in [-0.1, -0.05) is 58.3 Å². The second kappa shape index (κ2) is 19.4. The van der Waals surface area contributed by atoms with Crippen molar-refractivity contribution in [3.05, 3.63) is 0 Å². The Morgan fingerprint density at radius 2 is 1.17 bits per heavy atom. The third-order valence-corrected chi connectivity index (χ3v) is 7.41. The van der Waals surface area contributed by atoms with Crippen LogP contribution in [0.1, 0.15) is 110 Å². The summed E-state index contributed by atoms with van der Waals surface area (Å²) in [5, 5.41) is 12.5. The molecule has 4 N–H and O–H groups in total. The second-order valence-corrected chi connectivity index (χ2v) is 10.5. The molecule has 2 atom stereocenters. The molecule has 208 valence electrons. The standard InChI is InChI=1S/C28H53N5O3/c1-2-3-4-5-6-7-8-9-10-17-26(34)33(22-13-20-31-27(35)24-15-11-18-29-24)23-14-21-32-28(36)25-16-12-19-30-25/h24-25,29-30H,2-23H2,1H3,(H,31,35)(H,32,36)/t24-,25-/m0/s1. The number of amides is 3. The molecule has 0 aliphatic carbocycles. The molecule has 0 bridgehead atoms. The lowest BCUT2D eigenvalue weighted by Gasteiger charge is -2.23. The van der Waals surface area contributed by atoms with E-state index in [2.05, 4.69) is 28.2 Å². The lowest BCUT2D eigenvalue weighted by Crippen LogP contribution is -2.42. The predicted octanol–water partition coefficient (Wildman–Crippen LogP) is 3.25. The van der Waals surface area contributed by atoms with Crippen LogP contribution in [0.25, 0.3) is 0 Å². The van der Waals surface area contributed by atoms with Gasteiger partial charge in [0.15, 0.2) is 0 Å². The zero-order chi connectivity index (χ0) is 25.8. The topological polar surface area (TPSA) is 103 Å². The van der Waals surface area contributed by atoms with E-state index in [0.717, 1.165) is 64.5 Å². The minimum atomic E-state index is -0.0626. The number of hydrogen-bond acceptors (Lipinski definition) is 5. The van der Waals surface area contributed by atoms with Crippen LogP contribution in [0.2, 0.25) is 0 Å². The van der Waals surface area contributed by atoms with Gasteiger partial charge in [-0.25, -0.2) is 0 Å². The summed E-state index contributed by atoms with van der Waals surface area (Å²) in [5.41, 5.74) is 0. The van der Waals surface area contributed by atoms with E-state index in [-0.39, 0.29) is 29.8 Å². The van der Waals surface area contributed by atoms with Crippen LogP contribution in [0.4, 0.5) is 0 Å². The van der Waals surface area contributed by atoms with Crippen molar-refractivity contribution < 1.29 is 14.4 Å². The number of nitrogens with one attached hydrogen (secondary N) is 4. The van der Waals surface area contributed by atoms with E-state index >= 15 is 0 Å². The first-order valence-corrected chi connectivity index (χ1v) is 14.9. The van der Waals surface area contributed by atoms with E-state index in [0.29, 0.717) is 32.6 Å². The van der Waals surface area contributed by atoms with Crippen molar-refractivity contribution in [1.82, 2.24) is 26.2 Å². The number of nitrogens with zero attached hydrogens (tertiary/aromatic N) is 1. The third-order valence-electron chi connectivity index (χ3n) is 7.41. The number of hydrogen-bond donors (Lipinski definition) is 4. The number of rotatable bonds is 20. The summed E-state index contributed by atoms with van der Waals surface area (Å²) in [5.74, 6) is 0.345. The second-order valence-electron chi connectivity index (χ2n) is 10.5. The molecule has 2 aliphatic heterocycles. The van der Waals surface area contributed by atoms with Gasteiger partial charge in [0.25, 0.3) is 0 Å². The van der Waals surface area contributed by atoms with Gasteiger partial charge in [-0.3, -0.25) is 14.4 Å². The fraction of sp³-hybridized carbons (Fsp3) is 0.893. The summed E-state index contributed by atoms with van der Waals surface area (Å²) < 4.78 is 0. The fourth-order valence-electron chi connectivity index (χ4n) is 5.13. The van der Waals surface area contributed by atoms with Gasteiger partial charge in [-0.05, 0) is 58.0 Å². The first-order chi connectivity index (χ1) is 17.6. The highest BCUT2D eigenvalue weighted by Crippen LogP contribution is 2.12. The Kier molecular flexibility index (Phi) is 16.5. The van der Waals surface area contributed by atoms with Gasteiger partial charge < -0.3 is 26.2 Å². The molecule has 8 heteroatoms. The lowest BCUT2D eigenvalue weighted by atomic mass is 10.1. The Balaban J connectivity index is 1.64. The fourth-order valence-corrected chi connectivity index (χ4v) is 5.13. The number of unbranched alkanes of at least 4 members (excludes halogenated alkanes) is 8. The Bertz CT molecular complexity index is 582. The predicted molar refractivity (Wildman–Crippen MR) is 146 cm³/mol. The molecule has 2 fully saturated rings. The summed E-state index contributed by atoms with van der Waals surface area (Å²) in [7, 11) is 0. The molecule has 2 saturated heterocycles. The van der Waals surface area contributed by atoms with Crippen LogP contribution in [0.5, 0.6) is 0 Å². The monoisotopic (exact) mass is 507 g/mol. The highest BCUT2D eigenvalue weighted by Gasteiger charge is 2.22. The summed E-state index contributed by atoms with van der Waals surface area (Å²) in [6.07, 6.45) is 17.1. The summed E-state index contributed by atoms with van der Waals surface area (Å²) in [4.78, 5) is 39.3. The molecule has 2 rings (SSSR count).